The summed E-state index contributed by atoms with van der Waals surface area (Å²) in [5.41, 5.74) is 0.630. The van der Waals surface area contributed by atoms with Gasteiger partial charge in [0.05, 0.1) is 5.56 Å². The van der Waals surface area contributed by atoms with Crippen LogP contribution in [0.5, 0.6) is 0 Å². The van der Waals surface area contributed by atoms with Crippen LogP contribution in [0.4, 0.5) is 0 Å². The number of carbonyl (C=O) groups excluding carboxylic acids is 1. The zero-order chi connectivity index (χ0) is 21.5. The Morgan fingerprint density at radius 1 is 1.19 bits per heavy atom. The van der Waals surface area contributed by atoms with Crippen LogP contribution in [0.2, 0.25) is 0 Å². The van der Waals surface area contributed by atoms with Crippen LogP contribution >= 0.6 is 0 Å². The molecular formula is C25H37N5O. The second-order valence-electron chi connectivity index (χ2n) is 9.41. The van der Waals surface area contributed by atoms with E-state index >= 15 is 0 Å². The van der Waals surface area contributed by atoms with E-state index in [1.165, 1.54) is 64.5 Å². The number of unbranched alkanes of at least 4 members (excludes halogenated alkanes) is 1. The number of piperidine rings is 1. The van der Waals surface area contributed by atoms with E-state index in [1.54, 1.807) is 18.7 Å². The summed E-state index contributed by atoms with van der Waals surface area (Å²) in [5.74, 6) is 2.19. The van der Waals surface area contributed by atoms with Gasteiger partial charge in [0.25, 0.3) is 5.91 Å². The molecule has 2 fully saturated rings. The van der Waals surface area contributed by atoms with Gasteiger partial charge in [0.15, 0.2) is 0 Å². The summed E-state index contributed by atoms with van der Waals surface area (Å²) in [7, 11) is 0. The van der Waals surface area contributed by atoms with Gasteiger partial charge in [-0.25, -0.2) is 9.97 Å². The lowest BCUT2D eigenvalue weighted by atomic mass is 9.83. The lowest BCUT2D eigenvalue weighted by molar-refractivity contribution is 0.0853. The fraction of sp³-hybridized carbons (Fsp3) is 0.640. The van der Waals surface area contributed by atoms with E-state index in [0.29, 0.717) is 11.5 Å². The number of nitrogens with zero attached hydrogens (tertiary/aromatic N) is 4. The molecule has 1 aliphatic heterocycles. The third-order valence-corrected chi connectivity index (χ3v) is 7.07. The van der Waals surface area contributed by atoms with Crippen molar-refractivity contribution < 1.29 is 4.79 Å². The van der Waals surface area contributed by atoms with Crippen LogP contribution in [0.25, 0.3) is 5.82 Å². The zero-order valence-electron chi connectivity index (χ0n) is 18.9. The van der Waals surface area contributed by atoms with Crippen molar-refractivity contribution in [3.63, 3.8) is 0 Å². The molecule has 3 heterocycles. The zero-order valence-corrected chi connectivity index (χ0v) is 18.9. The summed E-state index contributed by atoms with van der Waals surface area (Å²) in [6.45, 7) is 5.89. The SMILES string of the molecule is CCCCC1CCCN(C[C@H]2CCCCC2NC(=O)c2ccc(-n3ccnc3)nc2)C1. The quantitative estimate of drug-likeness (QED) is 0.681. The van der Waals surface area contributed by atoms with E-state index in [-0.39, 0.29) is 11.9 Å². The van der Waals surface area contributed by atoms with Gasteiger partial charge in [0.2, 0.25) is 0 Å². The van der Waals surface area contributed by atoms with E-state index < -0.39 is 0 Å². The molecule has 2 aromatic rings. The molecule has 6 nitrogen and oxygen atoms in total. The molecule has 1 aliphatic carbocycles. The van der Waals surface area contributed by atoms with Gasteiger partial charge in [0, 0.05) is 37.7 Å². The number of aromatic nitrogens is 3. The van der Waals surface area contributed by atoms with Crippen LogP contribution in [0.1, 0.15) is 75.1 Å². The normalized spacial score (nSPS) is 24.7. The number of pyridine rings is 1. The molecular weight excluding hydrogens is 386 g/mol. The highest BCUT2D eigenvalue weighted by atomic mass is 16.1. The van der Waals surface area contributed by atoms with E-state index in [9.17, 15) is 4.79 Å². The Balaban J connectivity index is 1.33. The molecule has 3 atom stereocenters. The molecule has 0 spiro atoms. The van der Waals surface area contributed by atoms with Gasteiger partial charge in [0.1, 0.15) is 12.1 Å². The molecule has 1 amide bonds. The fourth-order valence-electron chi connectivity index (χ4n) is 5.31. The Kier molecular flexibility index (Phi) is 7.73. The van der Waals surface area contributed by atoms with Gasteiger partial charge in [-0.3, -0.25) is 9.36 Å². The molecule has 0 aromatic carbocycles. The summed E-state index contributed by atoms with van der Waals surface area (Å²) < 4.78 is 1.84. The molecule has 4 rings (SSSR count). The molecule has 2 aromatic heterocycles. The fourth-order valence-corrected chi connectivity index (χ4v) is 5.31. The van der Waals surface area contributed by atoms with Crippen LogP contribution in [-0.2, 0) is 0 Å². The van der Waals surface area contributed by atoms with Crippen LogP contribution < -0.4 is 5.32 Å². The third kappa shape index (κ3) is 5.94. The van der Waals surface area contributed by atoms with Gasteiger partial charge >= 0.3 is 0 Å². The number of hydrogen-bond acceptors (Lipinski definition) is 4. The Morgan fingerprint density at radius 3 is 2.87 bits per heavy atom. The first-order valence-electron chi connectivity index (χ1n) is 12.2. The van der Waals surface area contributed by atoms with E-state index in [2.05, 4.69) is 27.1 Å². The van der Waals surface area contributed by atoms with Crippen molar-refractivity contribution in [1.29, 1.82) is 0 Å². The first-order chi connectivity index (χ1) is 15.2. The predicted molar refractivity (Wildman–Crippen MR) is 123 cm³/mol. The van der Waals surface area contributed by atoms with E-state index in [0.717, 1.165) is 24.7 Å². The van der Waals surface area contributed by atoms with Gasteiger partial charge in [-0.2, -0.15) is 0 Å². The number of amides is 1. The molecule has 168 valence electrons. The highest BCUT2D eigenvalue weighted by Gasteiger charge is 2.30. The number of likely N-dealkylation sites (tertiary alicyclic amines) is 1. The van der Waals surface area contributed by atoms with Crippen molar-refractivity contribution >= 4 is 5.91 Å². The molecule has 2 aliphatic rings. The van der Waals surface area contributed by atoms with Crippen molar-refractivity contribution in [2.75, 3.05) is 19.6 Å². The monoisotopic (exact) mass is 423 g/mol. The summed E-state index contributed by atoms with van der Waals surface area (Å²) in [6.07, 6.45) is 18.5. The summed E-state index contributed by atoms with van der Waals surface area (Å²) in [4.78, 5) is 24.1. The maximum absolute atomic E-state index is 12.9. The second-order valence-corrected chi connectivity index (χ2v) is 9.41. The van der Waals surface area contributed by atoms with Gasteiger partial charge in [-0.15, -0.1) is 0 Å². The first kappa shape index (κ1) is 22.0. The minimum Gasteiger partial charge on any atom is -0.349 e. The largest absolute Gasteiger partial charge is 0.349 e. The second kappa shape index (κ2) is 10.9. The Hall–Kier alpha value is -2.21. The predicted octanol–water partition coefficient (Wildman–Crippen LogP) is 4.46. The van der Waals surface area contributed by atoms with E-state index in [1.807, 2.05) is 22.9 Å². The minimum atomic E-state index is 0.000970. The molecule has 1 N–H and O–H groups in total. The van der Waals surface area contributed by atoms with Crippen molar-refractivity contribution in [3.05, 3.63) is 42.6 Å². The molecule has 6 heteroatoms. The maximum atomic E-state index is 12.9. The average molecular weight is 424 g/mol. The summed E-state index contributed by atoms with van der Waals surface area (Å²) >= 11 is 0. The molecule has 2 unspecified atom stereocenters. The lowest BCUT2D eigenvalue weighted by Crippen LogP contribution is -2.48. The number of rotatable bonds is 8. The van der Waals surface area contributed by atoms with Crippen molar-refractivity contribution in [2.45, 2.75) is 70.8 Å². The van der Waals surface area contributed by atoms with Crippen molar-refractivity contribution in [1.82, 2.24) is 24.8 Å². The average Bonchev–Trinajstić information content (AvgIpc) is 3.34. The smallest absolute Gasteiger partial charge is 0.253 e. The Bertz CT molecular complexity index is 804. The van der Waals surface area contributed by atoms with Crippen molar-refractivity contribution in [2.24, 2.45) is 11.8 Å². The molecule has 0 bridgehead atoms. The Morgan fingerprint density at radius 2 is 2.10 bits per heavy atom. The minimum absolute atomic E-state index is 0.000970. The summed E-state index contributed by atoms with van der Waals surface area (Å²) in [6, 6.07) is 4.00. The van der Waals surface area contributed by atoms with Crippen LogP contribution in [-0.4, -0.2) is 51.0 Å². The lowest BCUT2D eigenvalue weighted by Gasteiger charge is -2.39. The standard InChI is InChI=1S/C25H37N5O/c1-2-3-7-20-8-6-14-29(17-20)18-22-9-4-5-10-23(22)28-25(31)21-11-12-24(27-16-21)30-15-13-26-19-30/h11-13,15-16,19-20,22-23H,2-10,14,17-18H2,1H3,(H,28,31)/t20?,22-,23?/m1/s1. The van der Waals surface area contributed by atoms with Crippen LogP contribution in [0.3, 0.4) is 0 Å². The van der Waals surface area contributed by atoms with Gasteiger partial charge in [-0.05, 0) is 62.6 Å². The molecule has 31 heavy (non-hydrogen) atoms. The topological polar surface area (TPSA) is 63.1 Å². The van der Waals surface area contributed by atoms with Gasteiger partial charge in [-0.1, -0.05) is 32.6 Å². The number of hydrogen-bond donors (Lipinski definition) is 1. The first-order valence-corrected chi connectivity index (χ1v) is 12.2. The highest BCUT2D eigenvalue weighted by Crippen LogP contribution is 2.28. The Labute approximate surface area is 186 Å². The molecule has 0 radical (unpaired) electrons. The van der Waals surface area contributed by atoms with Crippen molar-refractivity contribution in [3.8, 4) is 5.82 Å². The third-order valence-electron chi connectivity index (χ3n) is 7.07. The number of carbonyl (C=O) groups is 1. The highest BCUT2D eigenvalue weighted by molar-refractivity contribution is 5.94. The number of imidazole rings is 1. The maximum Gasteiger partial charge on any atom is 0.253 e. The van der Waals surface area contributed by atoms with E-state index in [4.69, 9.17) is 0 Å². The van der Waals surface area contributed by atoms with Gasteiger partial charge < -0.3 is 10.2 Å². The number of nitrogens with one attached hydrogen (secondary N) is 1. The summed E-state index contributed by atoms with van der Waals surface area (Å²) in [5, 5.41) is 3.35. The van der Waals surface area contributed by atoms with Crippen LogP contribution in [0.15, 0.2) is 37.1 Å². The van der Waals surface area contributed by atoms with Crippen LogP contribution in [0, 0.1) is 11.8 Å². The molecule has 1 saturated carbocycles. The molecule has 1 saturated heterocycles.